The first-order valence-corrected chi connectivity index (χ1v) is 4.58. The van der Waals surface area contributed by atoms with Gasteiger partial charge < -0.3 is 5.11 Å². The Morgan fingerprint density at radius 1 is 1.46 bits per heavy atom. The van der Waals surface area contributed by atoms with Crippen molar-refractivity contribution in [3.05, 3.63) is 28.0 Å². The van der Waals surface area contributed by atoms with Crippen molar-refractivity contribution < 1.29 is 14.7 Å². The highest BCUT2D eigenvalue weighted by molar-refractivity contribution is 7.08. The molecule has 0 atom stereocenters. The Kier molecular flexibility index (Phi) is 3.40. The van der Waals surface area contributed by atoms with Crippen LogP contribution in [-0.2, 0) is 4.79 Å². The zero-order valence-corrected chi connectivity index (χ0v) is 7.58. The number of carbonyl (C=O) groups excluding carboxylic acids is 1. The van der Waals surface area contributed by atoms with Crippen LogP contribution in [0.3, 0.4) is 0 Å². The normalized spacial score (nSPS) is 10.5. The fraction of sp³-hybridized carbons (Fsp3) is 0.111. The Morgan fingerprint density at radius 2 is 2.15 bits per heavy atom. The maximum absolute atomic E-state index is 10.4. The van der Waals surface area contributed by atoms with Gasteiger partial charge in [-0.3, -0.25) is 9.59 Å². The van der Waals surface area contributed by atoms with E-state index in [0.29, 0.717) is 5.56 Å². The van der Waals surface area contributed by atoms with E-state index in [0.717, 1.165) is 11.8 Å². The molecule has 3 nitrogen and oxygen atoms in total. The summed E-state index contributed by atoms with van der Waals surface area (Å²) in [5.41, 5.74) is 1.38. The summed E-state index contributed by atoms with van der Waals surface area (Å²) < 4.78 is 0. The summed E-state index contributed by atoms with van der Waals surface area (Å²) >= 11 is 1.42. The van der Waals surface area contributed by atoms with Crippen LogP contribution in [0.4, 0.5) is 0 Å². The van der Waals surface area contributed by atoms with Gasteiger partial charge in [0.25, 0.3) is 0 Å². The molecule has 68 valence electrons. The minimum atomic E-state index is -0.876. The first-order valence-electron chi connectivity index (χ1n) is 3.63. The highest BCUT2D eigenvalue weighted by atomic mass is 32.1. The summed E-state index contributed by atoms with van der Waals surface area (Å²) in [6, 6.07) is 0. The third-order valence-corrected chi connectivity index (χ3v) is 2.22. The van der Waals surface area contributed by atoms with Crippen LogP contribution >= 0.6 is 11.3 Å². The summed E-state index contributed by atoms with van der Waals surface area (Å²) in [4.78, 5) is 20.6. The van der Waals surface area contributed by atoms with Crippen molar-refractivity contribution in [1.82, 2.24) is 0 Å². The fourth-order valence-electron chi connectivity index (χ4n) is 0.835. The summed E-state index contributed by atoms with van der Waals surface area (Å²) in [7, 11) is 0. The molecule has 13 heavy (non-hydrogen) atoms. The average molecular weight is 196 g/mol. The molecule has 1 aromatic rings. The molecule has 0 aromatic carbocycles. The van der Waals surface area contributed by atoms with Gasteiger partial charge in [0.05, 0.1) is 6.42 Å². The molecule has 0 unspecified atom stereocenters. The second-order valence-corrected chi connectivity index (χ2v) is 3.14. The fourth-order valence-corrected chi connectivity index (χ4v) is 1.60. The zero-order chi connectivity index (χ0) is 9.68. The number of aldehydes is 1. The minimum Gasteiger partial charge on any atom is -0.481 e. The molecule has 1 rings (SSSR count). The third kappa shape index (κ3) is 2.83. The third-order valence-electron chi connectivity index (χ3n) is 1.44. The number of hydrogen-bond donors (Lipinski definition) is 1. The molecule has 0 aliphatic heterocycles. The predicted octanol–water partition coefficient (Wildman–Crippen LogP) is 2.05. The monoisotopic (exact) mass is 196 g/mol. The van der Waals surface area contributed by atoms with E-state index in [4.69, 9.17) is 5.11 Å². The Hall–Kier alpha value is -1.42. The highest BCUT2D eigenvalue weighted by Crippen LogP contribution is 2.14. The Morgan fingerprint density at radius 3 is 2.77 bits per heavy atom. The smallest absolute Gasteiger partial charge is 0.307 e. The second kappa shape index (κ2) is 4.57. The van der Waals surface area contributed by atoms with Gasteiger partial charge in [0, 0.05) is 10.9 Å². The van der Waals surface area contributed by atoms with Crippen molar-refractivity contribution in [2.45, 2.75) is 6.42 Å². The summed E-state index contributed by atoms with van der Waals surface area (Å²) in [6.45, 7) is 0. The first-order chi connectivity index (χ1) is 6.24. The Bertz CT molecular complexity index is 338. The predicted molar refractivity (Wildman–Crippen MR) is 51.0 cm³/mol. The van der Waals surface area contributed by atoms with Gasteiger partial charge in [-0.05, 0) is 10.9 Å². The SMILES string of the molecule is O=Cc1cscc1C=CCC(=O)O. The van der Waals surface area contributed by atoms with Gasteiger partial charge in [-0.25, -0.2) is 0 Å². The molecule has 0 saturated carbocycles. The van der Waals surface area contributed by atoms with Crippen molar-refractivity contribution >= 4 is 29.7 Å². The van der Waals surface area contributed by atoms with E-state index in [9.17, 15) is 9.59 Å². The van der Waals surface area contributed by atoms with Crippen LogP contribution in [-0.4, -0.2) is 17.4 Å². The molecule has 0 aliphatic carbocycles. The standard InChI is InChI=1S/C9H8O3S/c10-4-8-6-13-5-7(8)2-1-3-9(11)12/h1-2,4-6H,3H2,(H,11,12). The first kappa shape index (κ1) is 9.67. The van der Waals surface area contributed by atoms with Crippen LogP contribution in [0.2, 0.25) is 0 Å². The van der Waals surface area contributed by atoms with Crippen molar-refractivity contribution in [2.24, 2.45) is 0 Å². The molecule has 1 N–H and O–H groups in total. The van der Waals surface area contributed by atoms with E-state index < -0.39 is 5.97 Å². The number of carbonyl (C=O) groups is 2. The Labute approximate surface area is 79.3 Å². The van der Waals surface area contributed by atoms with Crippen LogP contribution in [0.15, 0.2) is 16.8 Å². The lowest BCUT2D eigenvalue weighted by molar-refractivity contribution is -0.135. The number of carboxylic acids is 1. The molecule has 1 heterocycles. The zero-order valence-electron chi connectivity index (χ0n) is 6.77. The van der Waals surface area contributed by atoms with Gasteiger partial charge in [0.2, 0.25) is 0 Å². The summed E-state index contributed by atoms with van der Waals surface area (Å²) in [5.74, 6) is -0.876. The van der Waals surface area contributed by atoms with Crippen LogP contribution in [0.25, 0.3) is 6.08 Å². The lowest BCUT2D eigenvalue weighted by Crippen LogP contribution is -1.89. The van der Waals surface area contributed by atoms with Gasteiger partial charge in [-0.2, -0.15) is 11.3 Å². The van der Waals surface area contributed by atoms with Crippen molar-refractivity contribution in [2.75, 3.05) is 0 Å². The minimum absolute atomic E-state index is 0.0197. The molecule has 0 radical (unpaired) electrons. The average Bonchev–Trinajstić information content (AvgIpc) is 2.51. The summed E-state index contributed by atoms with van der Waals surface area (Å²) in [6.07, 6.45) is 3.91. The molecule has 0 spiro atoms. The van der Waals surface area contributed by atoms with Gasteiger partial charge >= 0.3 is 5.97 Å². The van der Waals surface area contributed by atoms with Gasteiger partial charge in [0.15, 0.2) is 6.29 Å². The van der Waals surface area contributed by atoms with E-state index in [1.54, 1.807) is 11.5 Å². The maximum atomic E-state index is 10.4. The molecule has 0 fully saturated rings. The number of aliphatic carboxylic acids is 1. The van der Waals surface area contributed by atoms with Crippen LogP contribution in [0.5, 0.6) is 0 Å². The van der Waals surface area contributed by atoms with E-state index in [-0.39, 0.29) is 6.42 Å². The Balaban J connectivity index is 2.67. The molecule has 0 saturated heterocycles. The molecule has 4 heteroatoms. The number of rotatable bonds is 4. The van der Waals surface area contributed by atoms with Crippen LogP contribution in [0.1, 0.15) is 22.3 Å². The molecular formula is C9H8O3S. The van der Waals surface area contributed by atoms with Crippen molar-refractivity contribution in [1.29, 1.82) is 0 Å². The van der Waals surface area contributed by atoms with E-state index in [2.05, 4.69) is 0 Å². The van der Waals surface area contributed by atoms with Gasteiger partial charge in [-0.15, -0.1) is 0 Å². The van der Waals surface area contributed by atoms with Gasteiger partial charge in [0.1, 0.15) is 0 Å². The van der Waals surface area contributed by atoms with Gasteiger partial charge in [-0.1, -0.05) is 12.2 Å². The molecule has 0 bridgehead atoms. The number of carboxylic acid groups (broad SMARTS) is 1. The molecule has 0 aliphatic rings. The number of thiophene rings is 1. The highest BCUT2D eigenvalue weighted by Gasteiger charge is 1.98. The molecule has 1 aromatic heterocycles. The lowest BCUT2D eigenvalue weighted by Gasteiger charge is -1.87. The van der Waals surface area contributed by atoms with Crippen LogP contribution < -0.4 is 0 Å². The lowest BCUT2D eigenvalue weighted by atomic mass is 10.2. The largest absolute Gasteiger partial charge is 0.481 e. The molecule has 0 amide bonds. The van der Waals surface area contributed by atoms with E-state index in [1.165, 1.54) is 17.4 Å². The van der Waals surface area contributed by atoms with Crippen LogP contribution in [0, 0.1) is 0 Å². The van der Waals surface area contributed by atoms with Crippen molar-refractivity contribution in [3.63, 3.8) is 0 Å². The topological polar surface area (TPSA) is 54.4 Å². The number of hydrogen-bond acceptors (Lipinski definition) is 3. The van der Waals surface area contributed by atoms with E-state index >= 15 is 0 Å². The quantitative estimate of drug-likeness (QED) is 0.750. The summed E-state index contributed by atoms with van der Waals surface area (Å²) in [5, 5.41) is 11.9. The van der Waals surface area contributed by atoms with Crippen molar-refractivity contribution in [3.8, 4) is 0 Å². The second-order valence-electron chi connectivity index (χ2n) is 2.40. The van der Waals surface area contributed by atoms with E-state index in [1.807, 2.05) is 5.38 Å². The molecular weight excluding hydrogens is 188 g/mol. The maximum Gasteiger partial charge on any atom is 0.307 e.